The van der Waals surface area contributed by atoms with Crippen LogP contribution >= 0.6 is 0 Å². The Balaban J connectivity index is 2.24. The summed E-state index contributed by atoms with van der Waals surface area (Å²) in [6.45, 7) is 0. The van der Waals surface area contributed by atoms with Crippen LogP contribution in [0, 0.1) is 0 Å². The van der Waals surface area contributed by atoms with Crippen molar-refractivity contribution in [2.24, 2.45) is 0 Å². The first-order valence-electron chi connectivity index (χ1n) is 5.72. The normalized spacial score (nSPS) is 13.0. The SMILES string of the molecule is CS(=O)(=O)Nc1cccc2c1C(=O)c1ccccc1-2. The summed E-state index contributed by atoms with van der Waals surface area (Å²) in [6.07, 6.45) is 1.07. The third-order valence-corrected chi connectivity index (χ3v) is 3.64. The van der Waals surface area contributed by atoms with Gasteiger partial charge in [-0.1, -0.05) is 36.4 Å². The van der Waals surface area contributed by atoms with Gasteiger partial charge in [-0.25, -0.2) is 8.42 Å². The number of hydrogen-bond donors (Lipinski definition) is 1. The number of hydrogen-bond acceptors (Lipinski definition) is 3. The van der Waals surface area contributed by atoms with Gasteiger partial charge in [0.1, 0.15) is 0 Å². The van der Waals surface area contributed by atoms with Crippen LogP contribution < -0.4 is 4.72 Å². The molecular formula is C14H11NO3S. The summed E-state index contributed by atoms with van der Waals surface area (Å²) in [6, 6.07) is 12.4. The monoisotopic (exact) mass is 273 g/mol. The number of carbonyl (C=O) groups is 1. The molecule has 2 aromatic carbocycles. The Morgan fingerprint density at radius 1 is 0.895 bits per heavy atom. The van der Waals surface area contributed by atoms with E-state index >= 15 is 0 Å². The lowest BCUT2D eigenvalue weighted by Crippen LogP contribution is -2.12. The maximum atomic E-state index is 12.4. The second-order valence-electron chi connectivity index (χ2n) is 4.48. The molecule has 0 radical (unpaired) electrons. The molecule has 96 valence electrons. The first-order chi connectivity index (χ1) is 8.97. The number of benzene rings is 2. The van der Waals surface area contributed by atoms with E-state index in [9.17, 15) is 13.2 Å². The van der Waals surface area contributed by atoms with E-state index < -0.39 is 10.0 Å². The number of sulfonamides is 1. The van der Waals surface area contributed by atoms with Crippen LogP contribution in [0.4, 0.5) is 5.69 Å². The number of fused-ring (bicyclic) bond motifs is 3. The topological polar surface area (TPSA) is 63.2 Å². The Kier molecular flexibility index (Phi) is 2.46. The van der Waals surface area contributed by atoms with Crippen LogP contribution in [-0.2, 0) is 10.0 Å². The fourth-order valence-electron chi connectivity index (χ4n) is 2.36. The Morgan fingerprint density at radius 3 is 2.21 bits per heavy atom. The van der Waals surface area contributed by atoms with Gasteiger partial charge in [0.15, 0.2) is 5.78 Å². The highest BCUT2D eigenvalue weighted by Crippen LogP contribution is 2.40. The predicted molar refractivity (Wildman–Crippen MR) is 73.8 cm³/mol. The van der Waals surface area contributed by atoms with E-state index in [0.717, 1.165) is 17.4 Å². The first kappa shape index (κ1) is 11.9. The number of nitrogens with one attached hydrogen (secondary N) is 1. The van der Waals surface area contributed by atoms with Crippen LogP contribution in [0.25, 0.3) is 11.1 Å². The van der Waals surface area contributed by atoms with E-state index in [1.54, 1.807) is 24.3 Å². The molecule has 0 aliphatic heterocycles. The molecule has 0 spiro atoms. The maximum Gasteiger partial charge on any atom is 0.229 e. The van der Waals surface area contributed by atoms with Crippen LogP contribution in [0.2, 0.25) is 0 Å². The van der Waals surface area contributed by atoms with Crippen molar-refractivity contribution < 1.29 is 13.2 Å². The molecule has 0 amide bonds. The van der Waals surface area contributed by atoms with Crippen molar-refractivity contribution in [3.63, 3.8) is 0 Å². The van der Waals surface area contributed by atoms with Gasteiger partial charge in [0, 0.05) is 5.56 Å². The van der Waals surface area contributed by atoms with Crippen LogP contribution in [0.3, 0.4) is 0 Å². The van der Waals surface area contributed by atoms with E-state index in [1.807, 2.05) is 18.2 Å². The molecule has 0 unspecified atom stereocenters. The zero-order chi connectivity index (χ0) is 13.6. The first-order valence-corrected chi connectivity index (χ1v) is 7.61. The van der Waals surface area contributed by atoms with E-state index in [-0.39, 0.29) is 5.78 Å². The molecule has 0 saturated carbocycles. The van der Waals surface area contributed by atoms with Crippen molar-refractivity contribution in [2.75, 3.05) is 11.0 Å². The van der Waals surface area contributed by atoms with Gasteiger partial charge in [0.05, 0.1) is 17.5 Å². The van der Waals surface area contributed by atoms with Crippen LogP contribution in [0.1, 0.15) is 15.9 Å². The molecule has 1 N–H and O–H groups in total. The molecular weight excluding hydrogens is 262 g/mol. The van der Waals surface area contributed by atoms with Crippen LogP contribution in [0.5, 0.6) is 0 Å². The maximum absolute atomic E-state index is 12.4. The van der Waals surface area contributed by atoms with Gasteiger partial charge >= 0.3 is 0 Å². The Bertz CT molecular complexity index is 794. The Hall–Kier alpha value is -2.14. The molecule has 1 aliphatic carbocycles. The summed E-state index contributed by atoms with van der Waals surface area (Å²) in [7, 11) is -3.41. The average molecular weight is 273 g/mol. The lowest BCUT2D eigenvalue weighted by atomic mass is 10.1. The molecule has 3 rings (SSSR count). The number of carbonyl (C=O) groups excluding carboxylic acids is 1. The molecule has 0 fully saturated rings. The summed E-state index contributed by atoms with van der Waals surface area (Å²) in [5.41, 5.74) is 2.99. The molecule has 0 bridgehead atoms. The summed E-state index contributed by atoms with van der Waals surface area (Å²) in [5, 5.41) is 0. The summed E-state index contributed by atoms with van der Waals surface area (Å²) < 4.78 is 25.1. The van der Waals surface area contributed by atoms with Gasteiger partial charge in [0.2, 0.25) is 10.0 Å². The molecule has 0 atom stereocenters. The lowest BCUT2D eigenvalue weighted by Gasteiger charge is -2.08. The van der Waals surface area contributed by atoms with E-state index in [2.05, 4.69) is 4.72 Å². The molecule has 4 nitrogen and oxygen atoms in total. The van der Waals surface area contributed by atoms with Crippen LogP contribution in [0.15, 0.2) is 42.5 Å². The second kappa shape index (κ2) is 3.93. The summed E-state index contributed by atoms with van der Waals surface area (Å²) in [5.74, 6) is -0.141. The molecule has 0 heterocycles. The predicted octanol–water partition coefficient (Wildman–Crippen LogP) is 2.27. The standard InChI is InChI=1S/C14H11NO3S/c1-19(17,18)15-12-8-4-7-10-9-5-2-3-6-11(9)14(16)13(10)12/h2-8,15H,1H3. The van der Waals surface area contributed by atoms with Gasteiger partial charge in [-0.2, -0.15) is 0 Å². The molecule has 0 saturated heterocycles. The van der Waals surface area contributed by atoms with Crippen molar-refractivity contribution >= 4 is 21.5 Å². The number of rotatable bonds is 2. The molecule has 19 heavy (non-hydrogen) atoms. The van der Waals surface area contributed by atoms with Crippen molar-refractivity contribution in [3.05, 3.63) is 53.6 Å². The highest BCUT2D eigenvalue weighted by Gasteiger charge is 2.29. The fourth-order valence-corrected chi connectivity index (χ4v) is 2.93. The van der Waals surface area contributed by atoms with E-state index in [0.29, 0.717) is 16.8 Å². The second-order valence-corrected chi connectivity index (χ2v) is 6.23. The van der Waals surface area contributed by atoms with Gasteiger partial charge < -0.3 is 0 Å². The third kappa shape index (κ3) is 1.92. The van der Waals surface area contributed by atoms with Gasteiger partial charge in [-0.3, -0.25) is 9.52 Å². The third-order valence-electron chi connectivity index (χ3n) is 3.05. The van der Waals surface area contributed by atoms with Crippen molar-refractivity contribution in [2.45, 2.75) is 0 Å². The Labute approximate surface area is 111 Å². The van der Waals surface area contributed by atoms with Crippen molar-refractivity contribution in [1.29, 1.82) is 0 Å². The van der Waals surface area contributed by atoms with Crippen molar-refractivity contribution in [1.82, 2.24) is 0 Å². The minimum atomic E-state index is -3.41. The zero-order valence-corrected chi connectivity index (χ0v) is 11.0. The minimum Gasteiger partial charge on any atom is -0.288 e. The molecule has 0 aromatic heterocycles. The van der Waals surface area contributed by atoms with Gasteiger partial charge in [-0.15, -0.1) is 0 Å². The average Bonchev–Trinajstić information content (AvgIpc) is 2.63. The minimum absolute atomic E-state index is 0.141. The van der Waals surface area contributed by atoms with Crippen molar-refractivity contribution in [3.8, 4) is 11.1 Å². The molecule has 2 aromatic rings. The number of anilines is 1. The van der Waals surface area contributed by atoms with E-state index in [1.165, 1.54) is 0 Å². The zero-order valence-electron chi connectivity index (χ0n) is 10.2. The molecule has 1 aliphatic rings. The summed E-state index contributed by atoms with van der Waals surface area (Å²) in [4.78, 5) is 12.4. The highest BCUT2D eigenvalue weighted by molar-refractivity contribution is 7.92. The van der Waals surface area contributed by atoms with Crippen LogP contribution in [-0.4, -0.2) is 20.5 Å². The number of ketones is 1. The van der Waals surface area contributed by atoms with Gasteiger partial charge in [0.25, 0.3) is 0 Å². The Morgan fingerprint density at radius 2 is 1.53 bits per heavy atom. The summed E-state index contributed by atoms with van der Waals surface area (Å²) >= 11 is 0. The van der Waals surface area contributed by atoms with Gasteiger partial charge in [-0.05, 0) is 17.2 Å². The highest BCUT2D eigenvalue weighted by atomic mass is 32.2. The lowest BCUT2D eigenvalue weighted by molar-refractivity contribution is 0.104. The smallest absolute Gasteiger partial charge is 0.229 e. The molecule has 5 heteroatoms. The fraction of sp³-hybridized carbons (Fsp3) is 0.0714. The van der Waals surface area contributed by atoms with E-state index in [4.69, 9.17) is 0 Å². The largest absolute Gasteiger partial charge is 0.288 e. The quantitative estimate of drug-likeness (QED) is 0.779.